The van der Waals surface area contributed by atoms with Gasteiger partial charge in [-0.05, 0) is 18.5 Å². The first-order valence-electron chi connectivity index (χ1n) is 7.92. The number of halogens is 1. The van der Waals surface area contributed by atoms with Crippen molar-refractivity contribution in [3.8, 4) is 0 Å². The second kappa shape index (κ2) is 8.24. The number of hydrogen-bond acceptors (Lipinski definition) is 5. The fourth-order valence-electron chi connectivity index (χ4n) is 2.56. The maximum Gasteiger partial charge on any atom is 0.146 e. The summed E-state index contributed by atoms with van der Waals surface area (Å²) in [4.78, 5) is 11.1. The van der Waals surface area contributed by atoms with Crippen LogP contribution in [0.1, 0.15) is 11.4 Å². The normalized spacial score (nSPS) is 14.9. The molecule has 23 heavy (non-hydrogen) atoms. The number of morpholine rings is 1. The van der Waals surface area contributed by atoms with Gasteiger partial charge in [0.15, 0.2) is 0 Å². The SMILES string of the molecule is Clc1cc(N2CCOCC2)nc(CNCCc2ccccc2)n1. The van der Waals surface area contributed by atoms with Crippen LogP contribution in [0.5, 0.6) is 0 Å². The van der Waals surface area contributed by atoms with Crippen molar-refractivity contribution in [2.45, 2.75) is 13.0 Å². The first-order valence-corrected chi connectivity index (χ1v) is 8.30. The number of nitrogens with one attached hydrogen (secondary N) is 1. The van der Waals surface area contributed by atoms with Crippen LogP contribution in [0.25, 0.3) is 0 Å². The summed E-state index contributed by atoms with van der Waals surface area (Å²) in [5.41, 5.74) is 1.32. The molecule has 1 fully saturated rings. The molecule has 1 aromatic carbocycles. The highest BCUT2D eigenvalue weighted by molar-refractivity contribution is 6.29. The highest BCUT2D eigenvalue weighted by atomic mass is 35.5. The molecule has 0 atom stereocenters. The third kappa shape index (κ3) is 4.89. The minimum Gasteiger partial charge on any atom is -0.378 e. The maximum atomic E-state index is 6.14. The van der Waals surface area contributed by atoms with Gasteiger partial charge in [0.05, 0.1) is 19.8 Å². The molecule has 0 spiro atoms. The summed E-state index contributed by atoms with van der Waals surface area (Å²) < 4.78 is 5.37. The Kier molecular flexibility index (Phi) is 5.80. The van der Waals surface area contributed by atoms with Gasteiger partial charge < -0.3 is 15.0 Å². The Morgan fingerprint density at radius 3 is 2.70 bits per heavy atom. The average molecular weight is 333 g/mol. The summed E-state index contributed by atoms with van der Waals surface area (Å²) in [5, 5.41) is 3.87. The van der Waals surface area contributed by atoms with Crippen LogP contribution >= 0.6 is 11.6 Å². The lowest BCUT2D eigenvalue weighted by atomic mass is 10.1. The summed E-state index contributed by atoms with van der Waals surface area (Å²) in [7, 11) is 0. The quantitative estimate of drug-likeness (QED) is 0.650. The fraction of sp³-hybridized carbons (Fsp3) is 0.412. The Morgan fingerprint density at radius 1 is 1.13 bits per heavy atom. The Morgan fingerprint density at radius 2 is 1.91 bits per heavy atom. The highest BCUT2D eigenvalue weighted by Gasteiger charge is 2.14. The summed E-state index contributed by atoms with van der Waals surface area (Å²) >= 11 is 6.14. The molecule has 6 heteroatoms. The lowest BCUT2D eigenvalue weighted by molar-refractivity contribution is 0.122. The lowest BCUT2D eigenvalue weighted by Gasteiger charge is -2.28. The number of hydrogen-bond donors (Lipinski definition) is 1. The van der Waals surface area contributed by atoms with E-state index in [0.717, 1.165) is 50.9 Å². The van der Waals surface area contributed by atoms with E-state index in [-0.39, 0.29) is 0 Å². The van der Waals surface area contributed by atoms with E-state index in [4.69, 9.17) is 16.3 Å². The van der Waals surface area contributed by atoms with Gasteiger partial charge in [0.1, 0.15) is 16.8 Å². The molecular formula is C17H21ClN4O. The van der Waals surface area contributed by atoms with Gasteiger partial charge >= 0.3 is 0 Å². The predicted octanol–water partition coefficient (Wildman–Crippen LogP) is 2.30. The van der Waals surface area contributed by atoms with Crippen LogP contribution < -0.4 is 10.2 Å². The highest BCUT2D eigenvalue weighted by Crippen LogP contribution is 2.17. The van der Waals surface area contributed by atoms with Crippen LogP contribution in [-0.2, 0) is 17.7 Å². The molecule has 0 radical (unpaired) electrons. The molecule has 122 valence electrons. The van der Waals surface area contributed by atoms with E-state index in [1.807, 2.05) is 12.1 Å². The average Bonchev–Trinajstić information content (AvgIpc) is 2.60. The molecule has 0 amide bonds. The van der Waals surface area contributed by atoms with Crippen molar-refractivity contribution in [1.29, 1.82) is 0 Å². The Hall–Kier alpha value is -1.69. The van der Waals surface area contributed by atoms with E-state index in [2.05, 4.69) is 44.5 Å². The number of nitrogens with zero attached hydrogens (tertiary/aromatic N) is 3. The van der Waals surface area contributed by atoms with E-state index < -0.39 is 0 Å². The molecule has 3 rings (SSSR count). The van der Waals surface area contributed by atoms with Crippen molar-refractivity contribution in [1.82, 2.24) is 15.3 Å². The number of rotatable bonds is 6. The second-order valence-corrected chi connectivity index (χ2v) is 5.86. The van der Waals surface area contributed by atoms with Crippen molar-refractivity contribution < 1.29 is 4.74 Å². The predicted molar refractivity (Wildman–Crippen MR) is 91.9 cm³/mol. The summed E-state index contributed by atoms with van der Waals surface area (Å²) in [6.07, 6.45) is 0.984. The first kappa shape index (κ1) is 16.2. The Bertz CT molecular complexity index is 617. The van der Waals surface area contributed by atoms with Crippen LogP contribution in [0.2, 0.25) is 5.15 Å². The molecule has 2 heterocycles. The van der Waals surface area contributed by atoms with Gasteiger partial charge in [-0.15, -0.1) is 0 Å². The van der Waals surface area contributed by atoms with Crippen LogP contribution in [0.4, 0.5) is 5.82 Å². The van der Waals surface area contributed by atoms with Gasteiger partial charge in [-0.25, -0.2) is 9.97 Å². The molecular weight excluding hydrogens is 312 g/mol. The number of ether oxygens (including phenoxy) is 1. The Balaban J connectivity index is 1.54. The van der Waals surface area contributed by atoms with Gasteiger partial charge in [0.25, 0.3) is 0 Å². The summed E-state index contributed by atoms with van der Waals surface area (Å²) in [5.74, 6) is 1.61. The molecule has 0 bridgehead atoms. The first-order chi connectivity index (χ1) is 11.3. The van der Waals surface area contributed by atoms with Crippen LogP contribution in [0.3, 0.4) is 0 Å². The Labute approximate surface area is 141 Å². The smallest absolute Gasteiger partial charge is 0.146 e. The fourth-order valence-corrected chi connectivity index (χ4v) is 2.76. The third-order valence-electron chi connectivity index (χ3n) is 3.78. The van der Waals surface area contributed by atoms with Crippen molar-refractivity contribution in [2.24, 2.45) is 0 Å². The molecule has 0 saturated carbocycles. The zero-order valence-corrected chi connectivity index (χ0v) is 13.8. The topological polar surface area (TPSA) is 50.3 Å². The zero-order chi connectivity index (χ0) is 15.9. The van der Waals surface area contributed by atoms with E-state index in [9.17, 15) is 0 Å². The van der Waals surface area contributed by atoms with Crippen LogP contribution in [0, 0.1) is 0 Å². The van der Waals surface area contributed by atoms with E-state index in [1.54, 1.807) is 0 Å². The van der Waals surface area contributed by atoms with Crippen LogP contribution in [0.15, 0.2) is 36.4 Å². The van der Waals surface area contributed by atoms with Crippen molar-refractivity contribution in [2.75, 3.05) is 37.7 Å². The van der Waals surface area contributed by atoms with Gasteiger partial charge in [0, 0.05) is 19.2 Å². The standard InChI is InChI=1S/C17H21ClN4O/c18-15-12-17(22-8-10-23-11-9-22)21-16(20-15)13-19-7-6-14-4-2-1-3-5-14/h1-5,12,19H,6-11,13H2. The largest absolute Gasteiger partial charge is 0.378 e. The molecule has 1 aromatic heterocycles. The molecule has 2 aromatic rings. The van der Waals surface area contributed by atoms with Crippen molar-refractivity contribution in [3.63, 3.8) is 0 Å². The second-order valence-electron chi connectivity index (χ2n) is 5.48. The maximum absolute atomic E-state index is 6.14. The lowest BCUT2D eigenvalue weighted by Crippen LogP contribution is -2.37. The van der Waals surface area contributed by atoms with Gasteiger partial charge in [0.2, 0.25) is 0 Å². The molecule has 0 unspecified atom stereocenters. The monoisotopic (exact) mass is 332 g/mol. The zero-order valence-electron chi connectivity index (χ0n) is 13.0. The summed E-state index contributed by atoms with van der Waals surface area (Å²) in [6.45, 7) is 4.64. The van der Waals surface area contributed by atoms with E-state index in [0.29, 0.717) is 11.7 Å². The molecule has 1 saturated heterocycles. The summed E-state index contributed by atoms with van der Waals surface area (Å²) in [6, 6.07) is 12.2. The number of anilines is 1. The molecule has 1 aliphatic rings. The number of aromatic nitrogens is 2. The molecule has 0 aliphatic carbocycles. The molecule has 5 nitrogen and oxygen atoms in total. The van der Waals surface area contributed by atoms with Crippen LogP contribution in [-0.4, -0.2) is 42.8 Å². The van der Waals surface area contributed by atoms with Gasteiger partial charge in [-0.1, -0.05) is 41.9 Å². The van der Waals surface area contributed by atoms with Crippen molar-refractivity contribution >= 4 is 17.4 Å². The van der Waals surface area contributed by atoms with E-state index >= 15 is 0 Å². The molecule has 1 N–H and O–H groups in total. The van der Waals surface area contributed by atoms with E-state index in [1.165, 1.54) is 5.56 Å². The minimum absolute atomic E-state index is 0.487. The van der Waals surface area contributed by atoms with Crippen molar-refractivity contribution in [3.05, 3.63) is 52.9 Å². The molecule has 1 aliphatic heterocycles. The third-order valence-corrected chi connectivity index (χ3v) is 3.97. The minimum atomic E-state index is 0.487. The number of benzene rings is 1. The van der Waals surface area contributed by atoms with Gasteiger partial charge in [-0.3, -0.25) is 0 Å². The van der Waals surface area contributed by atoms with Gasteiger partial charge in [-0.2, -0.15) is 0 Å².